The first-order chi connectivity index (χ1) is 24.2. The Labute approximate surface area is 325 Å². The fourth-order valence-corrected chi connectivity index (χ4v) is 7.78. The van der Waals surface area contributed by atoms with Gasteiger partial charge in [-0.05, 0) is 18.8 Å². The van der Waals surface area contributed by atoms with Crippen molar-refractivity contribution in [2.24, 2.45) is 5.92 Å². The Hall–Kier alpha value is -0.250. The molecule has 0 rings (SSSR count). The van der Waals surface area contributed by atoms with Gasteiger partial charge in [-0.3, -0.25) is 9.59 Å². The van der Waals surface area contributed by atoms with Crippen molar-refractivity contribution in [3.8, 4) is 0 Å². The van der Waals surface area contributed by atoms with Crippen LogP contribution < -0.4 is 4.89 Å². The summed E-state index contributed by atoms with van der Waals surface area (Å²) in [6.07, 6.45) is 27.5. The van der Waals surface area contributed by atoms with Crippen LogP contribution in [0, 0.1) is 5.92 Å². The lowest BCUT2D eigenvalue weighted by molar-refractivity contribution is -0.868. The third-order valence-electron chi connectivity index (χ3n) is 9.59. The van der Waals surface area contributed by atoms with Gasteiger partial charge in [-0.1, -0.05) is 162 Å². The maximum Gasteiger partial charge on any atom is 0.319 e. The molecule has 11 heteroatoms. The Morgan fingerprint density at radius 2 is 1.06 bits per heavy atom. The monoisotopic (exact) mass is 782 g/mol. The predicted octanol–water partition coefficient (Wildman–Crippen LogP) is 10.4. The van der Waals surface area contributed by atoms with E-state index in [9.17, 15) is 19.0 Å². The van der Waals surface area contributed by atoms with Gasteiger partial charge in [0.25, 0.3) is 0 Å². The molecule has 0 aromatic heterocycles. The predicted molar refractivity (Wildman–Crippen MR) is 219 cm³/mol. The quantitative estimate of drug-likeness (QED) is 0.0215. The highest BCUT2D eigenvalue weighted by Gasteiger charge is 2.27. The van der Waals surface area contributed by atoms with E-state index in [1.54, 1.807) is 0 Å². The van der Waals surface area contributed by atoms with Crippen molar-refractivity contribution in [2.45, 2.75) is 191 Å². The number of rotatable bonds is 36. The van der Waals surface area contributed by atoms with Crippen LogP contribution >= 0.6 is 32.9 Å². The van der Waals surface area contributed by atoms with Crippen LogP contribution in [0.4, 0.5) is 0 Å². The molecule has 5 atom stereocenters. The molecule has 51 heavy (non-hydrogen) atoms. The lowest BCUT2D eigenvalue weighted by atomic mass is 9.98. The Bertz CT molecular complexity index is 905. The van der Waals surface area contributed by atoms with Crippen molar-refractivity contribution < 1.29 is 37.5 Å². The van der Waals surface area contributed by atoms with Crippen LogP contribution in [0.15, 0.2) is 0 Å². The molecule has 0 fully saturated rings. The van der Waals surface area contributed by atoms with Crippen molar-refractivity contribution in [2.75, 3.05) is 47.1 Å². The standard InChI is InChI=1S/C40H80NO7PS2/c1-7-9-11-13-15-17-19-20-22-24-26-28-30-37(50)39(42)48-36(34-47-49(44,45)32-31-41(4,5)6)33-46-40(43)38(51)35(3)29-27-25-23-21-18-16-14-12-10-8-2/h35-38H,7-34H2,1-6H3,(H2-,44,45,50,51). The highest BCUT2D eigenvalue weighted by atomic mass is 32.1. The van der Waals surface area contributed by atoms with Crippen molar-refractivity contribution in [3.63, 3.8) is 0 Å². The van der Waals surface area contributed by atoms with E-state index in [1.165, 1.54) is 109 Å². The van der Waals surface area contributed by atoms with Crippen LogP contribution in [0.5, 0.6) is 0 Å². The van der Waals surface area contributed by atoms with Gasteiger partial charge in [-0.2, -0.15) is 25.3 Å². The lowest BCUT2D eigenvalue weighted by Gasteiger charge is -2.30. The first-order valence-electron chi connectivity index (χ1n) is 20.7. The molecule has 0 spiro atoms. The van der Waals surface area contributed by atoms with Gasteiger partial charge in [0, 0.05) is 0 Å². The Morgan fingerprint density at radius 3 is 1.49 bits per heavy atom. The molecular weight excluding hydrogens is 702 g/mol. The van der Waals surface area contributed by atoms with E-state index in [4.69, 9.17) is 14.0 Å². The van der Waals surface area contributed by atoms with Crippen molar-refractivity contribution in [1.82, 2.24) is 0 Å². The summed E-state index contributed by atoms with van der Waals surface area (Å²) in [6, 6.07) is 0. The number of carbonyl (C=O) groups excluding carboxylic acids is 2. The zero-order chi connectivity index (χ0) is 38.4. The average molecular weight is 782 g/mol. The van der Waals surface area contributed by atoms with E-state index in [1.807, 2.05) is 28.1 Å². The van der Waals surface area contributed by atoms with Gasteiger partial charge < -0.3 is 27.9 Å². The average Bonchev–Trinajstić information content (AvgIpc) is 3.08. The smallest absolute Gasteiger partial charge is 0.319 e. The fraction of sp³-hybridized carbons (Fsp3) is 0.950. The molecule has 0 aliphatic heterocycles. The summed E-state index contributed by atoms with van der Waals surface area (Å²) in [6.45, 7) is 6.13. The minimum Gasteiger partial charge on any atom is -0.778 e. The van der Waals surface area contributed by atoms with Crippen LogP contribution in [-0.2, 0) is 28.2 Å². The van der Waals surface area contributed by atoms with Crippen LogP contribution in [-0.4, -0.2) is 80.1 Å². The van der Waals surface area contributed by atoms with Crippen LogP contribution in [0.3, 0.4) is 0 Å². The molecule has 0 aliphatic rings. The number of thiol groups is 2. The number of nitrogens with zero attached hydrogens (tertiary/aromatic N) is 1. The summed E-state index contributed by atoms with van der Waals surface area (Å²) < 4.78 is 29.5. The number of quaternary nitrogens is 1. The van der Waals surface area contributed by atoms with Gasteiger partial charge in [-0.25, -0.2) is 0 Å². The second-order valence-corrected chi connectivity index (χ2v) is 19.0. The Balaban J connectivity index is 4.73. The van der Waals surface area contributed by atoms with Gasteiger partial charge in [0.05, 0.1) is 45.7 Å². The van der Waals surface area contributed by atoms with Gasteiger partial charge in [0.1, 0.15) is 19.5 Å². The second kappa shape index (κ2) is 32.0. The van der Waals surface area contributed by atoms with Gasteiger partial charge in [-0.15, -0.1) is 0 Å². The largest absolute Gasteiger partial charge is 0.778 e. The number of hydrogen-bond donors (Lipinski definition) is 2. The van der Waals surface area contributed by atoms with E-state index >= 15 is 0 Å². The minimum atomic E-state index is -4.20. The van der Waals surface area contributed by atoms with Crippen LogP contribution in [0.2, 0.25) is 0 Å². The summed E-state index contributed by atoms with van der Waals surface area (Å²) in [4.78, 5) is 38.5. The minimum absolute atomic E-state index is 0.0156. The Kier molecular flexibility index (Phi) is 31.9. The molecule has 0 N–H and O–H groups in total. The number of unbranched alkanes of at least 4 members (excludes halogenated alkanes) is 20. The SMILES string of the molecule is CCCCCCCCCCCCCCC(S)C(=O)OC(COC(=O)C(S)C(C)CCCCCCCCCCCC)COP(=O)([O-])CC[N+](C)(C)C. The summed E-state index contributed by atoms with van der Waals surface area (Å²) in [7, 11) is 1.51. The molecule has 0 heterocycles. The molecule has 0 amide bonds. The summed E-state index contributed by atoms with van der Waals surface area (Å²) in [5.41, 5.74) is 0. The van der Waals surface area contributed by atoms with Gasteiger partial charge in [0.2, 0.25) is 0 Å². The topological polar surface area (TPSA) is 102 Å². The maximum absolute atomic E-state index is 13.0. The van der Waals surface area contributed by atoms with Crippen LogP contribution in [0.25, 0.3) is 0 Å². The molecule has 8 nitrogen and oxygen atoms in total. The molecule has 0 saturated heterocycles. The Morgan fingerprint density at radius 1 is 0.647 bits per heavy atom. The third-order valence-corrected chi connectivity index (χ3v) is 12.1. The first-order valence-corrected chi connectivity index (χ1v) is 23.5. The van der Waals surface area contributed by atoms with E-state index in [2.05, 4.69) is 39.1 Å². The third kappa shape index (κ3) is 31.8. The molecule has 0 aromatic carbocycles. The maximum atomic E-state index is 13.0. The molecule has 0 aromatic rings. The highest BCUT2D eigenvalue weighted by Crippen LogP contribution is 2.37. The van der Waals surface area contributed by atoms with E-state index in [-0.39, 0.29) is 18.7 Å². The van der Waals surface area contributed by atoms with Gasteiger partial charge in [0.15, 0.2) is 6.10 Å². The van der Waals surface area contributed by atoms with E-state index in [0.717, 1.165) is 38.5 Å². The molecular formula is C40H80NO7PS2. The van der Waals surface area contributed by atoms with Gasteiger partial charge >= 0.3 is 11.9 Å². The van der Waals surface area contributed by atoms with E-state index < -0.39 is 42.7 Å². The number of carbonyl (C=O) groups is 2. The zero-order valence-corrected chi connectivity index (χ0v) is 36.4. The van der Waals surface area contributed by atoms with Crippen molar-refractivity contribution in [1.29, 1.82) is 0 Å². The molecule has 0 aliphatic carbocycles. The summed E-state index contributed by atoms with van der Waals surface area (Å²) >= 11 is 9.04. The van der Waals surface area contributed by atoms with E-state index in [0.29, 0.717) is 17.4 Å². The molecule has 0 bridgehead atoms. The molecule has 304 valence electrons. The first kappa shape index (κ1) is 50.8. The lowest BCUT2D eigenvalue weighted by Crippen LogP contribution is -2.38. The highest BCUT2D eigenvalue weighted by molar-refractivity contribution is 7.82. The number of esters is 2. The normalized spacial score (nSPS) is 15.5. The van der Waals surface area contributed by atoms with Crippen molar-refractivity contribution in [3.05, 3.63) is 0 Å². The second-order valence-electron chi connectivity index (χ2n) is 15.9. The summed E-state index contributed by atoms with van der Waals surface area (Å²) in [5, 5.41) is -1.28. The fourth-order valence-electron chi connectivity index (χ4n) is 5.94. The summed E-state index contributed by atoms with van der Waals surface area (Å²) in [5.74, 6) is -1.05. The number of hydrogen-bond acceptors (Lipinski definition) is 9. The molecule has 0 radical (unpaired) electrons. The van der Waals surface area contributed by atoms with Crippen molar-refractivity contribution >= 4 is 44.8 Å². The zero-order valence-electron chi connectivity index (χ0n) is 33.8. The van der Waals surface area contributed by atoms with Crippen LogP contribution in [0.1, 0.15) is 175 Å². The number of ether oxygens (including phenoxy) is 2. The molecule has 0 saturated carbocycles. The molecule has 5 unspecified atom stereocenters.